The Morgan fingerprint density at radius 3 is 2.61 bits per heavy atom. The van der Waals surface area contributed by atoms with Crippen LogP contribution in [-0.4, -0.2) is 42.8 Å². The van der Waals surface area contributed by atoms with E-state index < -0.39 is 12.0 Å². The Bertz CT molecular complexity index is 488. The second-order valence-corrected chi connectivity index (χ2v) is 5.53. The van der Waals surface area contributed by atoms with Gasteiger partial charge in [0, 0.05) is 19.6 Å². The van der Waals surface area contributed by atoms with Gasteiger partial charge in [0.2, 0.25) is 5.91 Å². The number of amides is 1. The highest BCUT2D eigenvalue weighted by molar-refractivity contribution is 5.75. The third kappa shape index (κ3) is 8.95. The van der Waals surface area contributed by atoms with Crippen molar-refractivity contribution in [2.24, 2.45) is 5.73 Å². The van der Waals surface area contributed by atoms with Crippen molar-refractivity contribution in [2.45, 2.75) is 38.6 Å². The van der Waals surface area contributed by atoms with Gasteiger partial charge >= 0.3 is 5.97 Å². The van der Waals surface area contributed by atoms with Crippen LogP contribution in [0.25, 0.3) is 0 Å². The molecule has 4 N–H and O–H groups in total. The molecule has 128 valence electrons. The first kappa shape index (κ1) is 19.1. The molecule has 23 heavy (non-hydrogen) atoms. The average Bonchev–Trinajstić information content (AvgIpc) is 2.52. The van der Waals surface area contributed by atoms with Gasteiger partial charge in [-0.1, -0.05) is 29.8 Å². The molecule has 0 aliphatic heterocycles. The van der Waals surface area contributed by atoms with Crippen LogP contribution in [0.1, 0.15) is 30.4 Å². The van der Waals surface area contributed by atoms with Gasteiger partial charge in [-0.25, -0.2) is 0 Å². The number of carbonyl (C=O) groups is 2. The summed E-state index contributed by atoms with van der Waals surface area (Å²) in [5.41, 5.74) is 7.81. The van der Waals surface area contributed by atoms with E-state index in [4.69, 9.17) is 15.6 Å². The second kappa shape index (κ2) is 10.7. The first-order chi connectivity index (χ1) is 11.0. The van der Waals surface area contributed by atoms with E-state index in [9.17, 15) is 9.59 Å². The topological polar surface area (TPSA) is 102 Å². The van der Waals surface area contributed by atoms with Crippen LogP contribution in [-0.2, 0) is 20.7 Å². The molecule has 0 saturated carbocycles. The van der Waals surface area contributed by atoms with Crippen LogP contribution in [0.2, 0.25) is 0 Å². The van der Waals surface area contributed by atoms with Crippen molar-refractivity contribution in [3.63, 3.8) is 0 Å². The highest BCUT2D eigenvalue weighted by atomic mass is 16.5. The highest BCUT2D eigenvalue weighted by Crippen LogP contribution is 2.07. The van der Waals surface area contributed by atoms with Crippen LogP contribution in [0.15, 0.2) is 24.3 Å². The molecule has 0 bridgehead atoms. The summed E-state index contributed by atoms with van der Waals surface area (Å²) in [4.78, 5) is 22.1. The smallest absolute Gasteiger partial charge is 0.320 e. The molecular weight excluding hydrogens is 296 g/mol. The van der Waals surface area contributed by atoms with E-state index in [1.165, 1.54) is 11.1 Å². The lowest BCUT2D eigenvalue weighted by Gasteiger charge is -2.08. The number of rotatable bonds is 11. The first-order valence-electron chi connectivity index (χ1n) is 7.87. The van der Waals surface area contributed by atoms with Gasteiger partial charge < -0.3 is 20.9 Å². The molecule has 0 heterocycles. The molecule has 1 aromatic carbocycles. The van der Waals surface area contributed by atoms with Crippen molar-refractivity contribution in [3.8, 4) is 0 Å². The van der Waals surface area contributed by atoms with Gasteiger partial charge in [0.1, 0.15) is 6.04 Å². The molecule has 0 spiro atoms. The molecule has 1 rings (SSSR count). The molecule has 1 aromatic rings. The molecule has 6 heteroatoms. The summed E-state index contributed by atoms with van der Waals surface area (Å²) in [7, 11) is 0. The predicted octanol–water partition coefficient (Wildman–Crippen LogP) is 1.25. The van der Waals surface area contributed by atoms with E-state index in [1.807, 2.05) is 0 Å². The SMILES string of the molecule is Cc1ccc(CCCC(=O)NCCOCCC(N)C(=O)O)cc1. The van der Waals surface area contributed by atoms with E-state index in [1.54, 1.807) is 0 Å². The maximum Gasteiger partial charge on any atom is 0.320 e. The quantitative estimate of drug-likeness (QED) is 0.532. The lowest BCUT2D eigenvalue weighted by Crippen LogP contribution is -2.32. The monoisotopic (exact) mass is 322 g/mol. The molecule has 0 aliphatic carbocycles. The summed E-state index contributed by atoms with van der Waals surface area (Å²) < 4.78 is 5.23. The lowest BCUT2D eigenvalue weighted by molar-refractivity contribution is -0.139. The molecule has 0 saturated heterocycles. The Kier molecular flexibility index (Phi) is 8.94. The van der Waals surface area contributed by atoms with Gasteiger partial charge in [0.05, 0.1) is 6.61 Å². The molecule has 1 atom stereocenters. The number of hydrogen-bond donors (Lipinski definition) is 3. The van der Waals surface area contributed by atoms with Gasteiger partial charge in [-0.05, 0) is 31.7 Å². The molecule has 0 radical (unpaired) electrons. The summed E-state index contributed by atoms with van der Waals surface area (Å²) in [6, 6.07) is 7.42. The Balaban J connectivity index is 2.00. The normalized spacial score (nSPS) is 11.9. The van der Waals surface area contributed by atoms with Crippen LogP contribution in [0.5, 0.6) is 0 Å². The lowest BCUT2D eigenvalue weighted by atomic mass is 10.1. The van der Waals surface area contributed by atoms with Crippen LogP contribution in [0.4, 0.5) is 0 Å². The molecule has 0 aromatic heterocycles. The van der Waals surface area contributed by atoms with Gasteiger partial charge in [0.15, 0.2) is 0 Å². The zero-order chi connectivity index (χ0) is 17.1. The number of benzene rings is 1. The van der Waals surface area contributed by atoms with Crippen molar-refractivity contribution in [1.82, 2.24) is 5.32 Å². The summed E-state index contributed by atoms with van der Waals surface area (Å²) in [6.45, 7) is 3.10. The van der Waals surface area contributed by atoms with Crippen molar-refractivity contribution < 1.29 is 19.4 Å². The first-order valence-corrected chi connectivity index (χ1v) is 7.87. The number of carbonyl (C=O) groups excluding carboxylic acids is 1. The number of carboxylic acid groups (broad SMARTS) is 1. The van der Waals surface area contributed by atoms with Gasteiger partial charge in [-0.2, -0.15) is 0 Å². The summed E-state index contributed by atoms with van der Waals surface area (Å²) in [5, 5.41) is 11.4. The number of nitrogens with one attached hydrogen (secondary N) is 1. The minimum atomic E-state index is -1.03. The molecule has 0 aliphatic rings. The zero-order valence-corrected chi connectivity index (χ0v) is 13.6. The van der Waals surface area contributed by atoms with Gasteiger partial charge in [-0.3, -0.25) is 9.59 Å². The van der Waals surface area contributed by atoms with Crippen LogP contribution in [0.3, 0.4) is 0 Å². The Hall–Kier alpha value is -1.92. The maximum absolute atomic E-state index is 11.7. The molecular formula is C17H26N2O4. The summed E-state index contributed by atoms with van der Waals surface area (Å²) >= 11 is 0. The van der Waals surface area contributed by atoms with E-state index in [2.05, 4.69) is 36.5 Å². The van der Waals surface area contributed by atoms with Crippen molar-refractivity contribution in [1.29, 1.82) is 0 Å². The number of aliphatic carboxylic acids is 1. The van der Waals surface area contributed by atoms with E-state index in [0.717, 1.165) is 12.8 Å². The van der Waals surface area contributed by atoms with Gasteiger partial charge in [-0.15, -0.1) is 0 Å². The third-order valence-electron chi connectivity index (χ3n) is 3.45. The molecule has 6 nitrogen and oxygen atoms in total. The van der Waals surface area contributed by atoms with Crippen LogP contribution < -0.4 is 11.1 Å². The van der Waals surface area contributed by atoms with Crippen molar-refractivity contribution in [3.05, 3.63) is 35.4 Å². The predicted molar refractivity (Wildman–Crippen MR) is 88.2 cm³/mol. The number of aryl methyl sites for hydroxylation is 2. The van der Waals surface area contributed by atoms with E-state index in [-0.39, 0.29) is 18.9 Å². The minimum absolute atomic E-state index is 0.00273. The average molecular weight is 322 g/mol. The fraction of sp³-hybridized carbons (Fsp3) is 0.529. The molecule has 1 amide bonds. The Labute approximate surface area is 137 Å². The largest absolute Gasteiger partial charge is 0.480 e. The number of hydrogen-bond acceptors (Lipinski definition) is 4. The van der Waals surface area contributed by atoms with E-state index >= 15 is 0 Å². The van der Waals surface area contributed by atoms with Gasteiger partial charge in [0.25, 0.3) is 0 Å². The third-order valence-corrected chi connectivity index (χ3v) is 3.45. The standard InChI is InChI=1S/C17H26N2O4/c1-13-5-7-14(8-6-13)3-2-4-16(20)19-10-12-23-11-9-15(18)17(21)22/h5-8,15H,2-4,9-12,18H2,1H3,(H,19,20)(H,21,22). The maximum atomic E-state index is 11.7. The van der Waals surface area contributed by atoms with Crippen LogP contribution in [0, 0.1) is 6.92 Å². The Morgan fingerprint density at radius 2 is 1.96 bits per heavy atom. The van der Waals surface area contributed by atoms with Crippen LogP contribution >= 0.6 is 0 Å². The summed E-state index contributed by atoms with van der Waals surface area (Å²) in [6.07, 6.45) is 2.44. The zero-order valence-electron chi connectivity index (χ0n) is 13.6. The minimum Gasteiger partial charge on any atom is -0.480 e. The fourth-order valence-corrected chi connectivity index (χ4v) is 1.99. The summed E-state index contributed by atoms with van der Waals surface area (Å²) in [5.74, 6) is -1.03. The van der Waals surface area contributed by atoms with E-state index in [0.29, 0.717) is 19.6 Å². The molecule has 0 fully saturated rings. The highest BCUT2D eigenvalue weighted by Gasteiger charge is 2.10. The molecule has 1 unspecified atom stereocenters. The second-order valence-electron chi connectivity index (χ2n) is 5.53. The number of ether oxygens (including phenoxy) is 1. The van der Waals surface area contributed by atoms with Crippen molar-refractivity contribution in [2.75, 3.05) is 19.8 Å². The van der Waals surface area contributed by atoms with Crippen molar-refractivity contribution >= 4 is 11.9 Å². The number of nitrogens with two attached hydrogens (primary N) is 1. The Morgan fingerprint density at radius 1 is 1.26 bits per heavy atom. The number of carboxylic acids is 1. The fourth-order valence-electron chi connectivity index (χ4n) is 1.99.